The van der Waals surface area contributed by atoms with E-state index in [-0.39, 0.29) is 51.8 Å². The van der Waals surface area contributed by atoms with Gasteiger partial charge in [0.2, 0.25) is 0 Å². The number of nitrogens with one attached hydrogen (secondary N) is 1. The van der Waals surface area contributed by atoms with Crippen LogP contribution in [0.5, 0.6) is 0 Å². The number of benzene rings is 4. The molecule has 4 aromatic carbocycles. The fourth-order valence-electron chi connectivity index (χ4n) is 4.24. The van der Waals surface area contributed by atoms with Crippen molar-refractivity contribution in [2.24, 2.45) is 11.8 Å². The van der Waals surface area contributed by atoms with Crippen LogP contribution < -0.4 is 5.32 Å². The molecule has 0 aromatic heterocycles. The van der Waals surface area contributed by atoms with Crippen LogP contribution in [0.15, 0.2) is 120 Å². The van der Waals surface area contributed by atoms with Crippen LogP contribution in [-0.4, -0.2) is 64.4 Å². The molecule has 1 N–H and O–H groups in total. The van der Waals surface area contributed by atoms with Crippen LogP contribution in [0.4, 0.5) is 0 Å². The maximum absolute atomic E-state index is 11.6. The molecule has 0 amide bonds. The minimum absolute atomic E-state index is 0. The summed E-state index contributed by atoms with van der Waals surface area (Å²) in [6, 6.07) is 36.7. The number of alkyl halides is 2. The third kappa shape index (κ3) is 24.6. The van der Waals surface area contributed by atoms with E-state index in [1.165, 1.54) is 11.1 Å². The van der Waals surface area contributed by atoms with Crippen LogP contribution in [0.2, 0.25) is 0 Å². The number of nitrogens with zero attached hydrogens (tertiary/aromatic N) is 1. The molecule has 4 aromatic rings. The van der Waals surface area contributed by atoms with Gasteiger partial charge in [-0.3, -0.25) is 9.59 Å². The van der Waals surface area contributed by atoms with Crippen molar-refractivity contribution in [1.82, 2.24) is 10.2 Å². The van der Waals surface area contributed by atoms with Crippen molar-refractivity contribution in [3.8, 4) is 0 Å². The molecule has 0 aliphatic heterocycles. The lowest BCUT2D eigenvalue weighted by Crippen LogP contribution is -2.14. The molecule has 0 saturated carbocycles. The number of halogens is 3. The Morgan fingerprint density at radius 3 is 1.39 bits per heavy atom. The lowest BCUT2D eigenvalue weighted by Gasteiger charge is -2.13. The molecule has 56 heavy (non-hydrogen) atoms. The summed E-state index contributed by atoms with van der Waals surface area (Å²) in [5.41, 5.74) is 4.30. The Balaban J connectivity index is 0. The van der Waals surface area contributed by atoms with Gasteiger partial charge in [0.15, 0.2) is 15.6 Å². The van der Waals surface area contributed by atoms with Crippen molar-refractivity contribution in [1.29, 1.82) is 0 Å². The van der Waals surface area contributed by atoms with E-state index in [0.29, 0.717) is 4.90 Å². The van der Waals surface area contributed by atoms with Gasteiger partial charge in [0.1, 0.15) is 5.78 Å². The fourth-order valence-corrected chi connectivity index (χ4v) is 5.79. The van der Waals surface area contributed by atoms with Gasteiger partial charge >= 0.3 is 0 Å². The number of Topliss-reactive ketones (excluding diaryl/α,β-unsaturated/α-hetero) is 2. The Bertz CT molecular complexity index is 1690. The third-order valence-electron chi connectivity index (χ3n) is 8.17. The quantitative estimate of drug-likeness (QED) is 0.107. The summed E-state index contributed by atoms with van der Waals surface area (Å²) in [7, 11) is 2.97. The van der Waals surface area contributed by atoms with Crippen molar-refractivity contribution < 1.29 is 18.0 Å². The third-order valence-corrected chi connectivity index (χ3v) is 11.3. The van der Waals surface area contributed by atoms with E-state index >= 15 is 0 Å². The minimum Gasteiger partial charge on any atom is -0.320 e. The van der Waals surface area contributed by atoms with Crippen LogP contribution in [0, 0.1) is 18.8 Å². The van der Waals surface area contributed by atoms with Crippen LogP contribution in [0.3, 0.4) is 0 Å². The van der Waals surface area contributed by atoms with Crippen LogP contribution >= 0.6 is 35.6 Å². The van der Waals surface area contributed by atoms with Gasteiger partial charge in [-0.25, -0.2) is 8.42 Å². The number of carbonyl (C=O) groups is 2. The van der Waals surface area contributed by atoms with Crippen molar-refractivity contribution in [3.05, 3.63) is 138 Å². The average molecular weight is 850 g/mol. The number of aryl methyl sites for hydroxylation is 1. The van der Waals surface area contributed by atoms with E-state index in [2.05, 4.69) is 48.6 Å². The highest BCUT2D eigenvalue weighted by Crippen LogP contribution is 2.24. The van der Waals surface area contributed by atoms with Crippen LogP contribution in [0.25, 0.3) is 0 Å². The largest absolute Gasteiger partial charge is 0.320 e. The number of hydrogen-bond donors (Lipinski definition) is 1. The van der Waals surface area contributed by atoms with Crippen LogP contribution in [0.1, 0.15) is 99.1 Å². The molecule has 2 unspecified atom stereocenters. The molecule has 0 radical (unpaired) electrons. The Kier molecular flexibility index (Phi) is 30.5. The van der Waals surface area contributed by atoms with Crippen molar-refractivity contribution in [2.45, 2.75) is 89.1 Å². The second-order valence-corrected chi connectivity index (χ2v) is 17.9. The van der Waals surface area contributed by atoms with E-state index in [4.69, 9.17) is 23.2 Å². The van der Waals surface area contributed by atoms with Gasteiger partial charge in [0, 0.05) is 17.4 Å². The van der Waals surface area contributed by atoms with Gasteiger partial charge in [-0.05, 0) is 98.0 Å². The molecule has 0 aliphatic carbocycles. The summed E-state index contributed by atoms with van der Waals surface area (Å²) in [5.74, 6) is 0.781. The Hall–Kier alpha value is -3.04. The first kappa shape index (κ1) is 55.1. The monoisotopic (exact) mass is 848 g/mol. The molecule has 6 nitrogen and oxygen atoms in total. The average Bonchev–Trinajstić information content (AvgIpc) is 3.17. The molecule has 0 bridgehead atoms. The molecule has 312 valence electrons. The van der Waals surface area contributed by atoms with Crippen molar-refractivity contribution >= 4 is 57.0 Å². The van der Waals surface area contributed by atoms with E-state index in [0.717, 1.165) is 37.1 Å². The molecule has 0 aliphatic rings. The highest BCUT2D eigenvalue weighted by molar-refractivity contribution is 7.92. The molecule has 10 heteroatoms. The zero-order valence-electron chi connectivity index (χ0n) is 35.3. The molecule has 0 heterocycles. The second kappa shape index (κ2) is 31.0. The summed E-state index contributed by atoms with van der Waals surface area (Å²) in [4.78, 5) is 24.0. The van der Waals surface area contributed by atoms with Gasteiger partial charge in [0.25, 0.3) is 0 Å². The van der Waals surface area contributed by atoms with Gasteiger partial charge in [0.05, 0.1) is 20.9 Å². The maximum Gasteiger partial charge on any atom is 0.180 e. The standard InChI is InChI=1S/C11H16ClN.C10H14ClN.C10H14O2S.C10H12O.C5H10O.ClH/c1-13(2)9-8-11(12)10-6-4-3-5-7-10;1-12-8-7-10(11)9-5-3-2-4-6-9;1-8(2)13(11,12)10-6-4-9(3)5-7-10;1-8(2)10(11)9-6-4-3-5-7-9;1-4(2)5(3)6;/h3-7,11H,8-9H2,1-2H3;2-6,10,12H,7-8H2,1H3;4-8H,1-3H3;3-8H,1-2H3;4H,1-3H3;1H. The van der Waals surface area contributed by atoms with Gasteiger partial charge in [-0.1, -0.05) is 136 Å². The Morgan fingerprint density at radius 1 is 0.661 bits per heavy atom. The lowest BCUT2D eigenvalue weighted by atomic mass is 10.0. The van der Waals surface area contributed by atoms with Crippen LogP contribution in [-0.2, 0) is 14.6 Å². The summed E-state index contributed by atoms with van der Waals surface area (Å²) in [6.07, 6.45) is 1.97. The predicted octanol–water partition coefficient (Wildman–Crippen LogP) is 11.8. The molecule has 0 spiro atoms. The zero-order valence-corrected chi connectivity index (χ0v) is 38.5. The second-order valence-electron chi connectivity index (χ2n) is 14.3. The summed E-state index contributed by atoms with van der Waals surface area (Å²) in [5, 5.41) is 3.01. The first-order valence-corrected chi connectivity index (χ1v) is 21.3. The molecule has 0 fully saturated rings. The van der Waals surface area contributed by atoms with Gasteiger partial charge in [-0.2, -0.15) is 0 Å². The van der Waals surface area contributed by atoms with E-state index in [1.807, 2.05) is 121 Å². The zero-order chi connectivity index (χ0) is 42.0. The first-order chi connectivity index (χ1) is 25.8. The number of carbonyl (C=O) groups excluding carboxylic acids is 2. The number of sulfone groups is 1. The number of rotatable bonds is 13. The van der Waals surface area contributed by atoms with E-state index in [1.54, 1.807) is 32.9 Å². The summed E-state index contributed by atoms with van der Waals surface area (Å²) >= 11 is 12.4. The number of ketones is 2. The van der Waals surface area contributed by atoms with Gasteiger partial charge in [-0.15, -0.1) is 35.6 Å². The Morgan fingerprint density at radius 2 is 1.05 bits per heavy atom. The summed E-state index contributed by atoms with van der Waals surface area (Å²) in [6.45, 7) is 16.5. The van der Waals surface area contributed by atoms with Gasteiger partial charge < -0.3 is 10.2 Å². The smallest absolute Gasteiger partial charge is 0.180 e. The topological polar surface area (TPSA) is 83.6 Å². The lowest BCUT2D eigenvalue weighted by molar-refractivity contribution is -0.119. The molecular formula is C46H67Cl3N2O4S. The summed E-state index contributed by atoms with van der Waals surface area (Å²) < 4.78 is 23.3. The Labute approximate surface area is 356 Å². The SMILES string of the molecule is CC(=O)C(C)C.CC(C)C(=O)c1ccccc1.CN(C)CCC(Cl)c1ccccc1.CNCCC(Cl)c1ccccc1.Cc1ccc(S(=O)(=O)C(C)C)cc1.Cl. The normalized spacial score (nSPS) is 11.6. The fraction of sp³-hybridized carbons (Fsp3) is 0.435. The van der Waals surface area contributed by atoms with E-state index < -0.39 is 9.84 Å². The van der Waals surface area contributed by atoms with E-state index in [9.17, 15) is 18.0 Å². The minimum atomic E-state index is -3.09. The first-order valence-electron chi connectivity index (χ1n) is 18.9. The van der Waals surface area contributed by atoms with Crippen molar-refractivity contribution in [3.63, 3.8) is 0 Å². The highest BCUT2D eigenvalue weighted by Gasteiger charge is 2.18. The maximum atomic E-state index is 11.6. The number of hydrogen-bond acceptors (Lipinski definition) is 6. The predicted molar refractivity (Wildman–Crippen MR) is 244 cm³/mol. The molecular weight excluding hydrogens is 783 g/mol. The highest BCUT2D eigenvalue weighted by atomic mass is 35.5. The molecule has 2 atom stereocenters. The molecule has 4 rings (SSSR count). The van der Waals surface area contributed by atoms with Crippen molar-refractivity contribution in [2.75, 3.05) is 34.2 Å². The molecule has 0 saturated heterocycles.